The van der Waals surface area contributed by atoms with Gasteiger partial charge >= 0.3 is 11.5 Å². The van der Waals surface area contributed by atoms with E-state index in [1.807, 2.05) is 89.6 Å². The van der Waals surface area contributed by atoms with Gasteiger partial charge in [-0.15, -0.1) is 4.73 Å². The molecular weight excluding hydrogens is 466 g/mol. The molecule has 8 heteroatoms. The molecular formula is C29H23N5O3. The summed E-state index contributed by atoms with van der Waals surface area (Å²) in [4.78, 5) is 40.5. The second-order valence-corrected chi connectivity index (χ2v) is 8.84. The zero-order valence-electron chi connectivity index (χ0n) is 20.1. The highest BCUT2D eigenvalue weighted by Crippen LogP contribution is 2.30. The van der Waals surface area contributed by atoms with E-state index in [9.17, 15) is 9.59 Å². The molecule has 8 nitrogen and oxygen atoms in total. The topological polar surface area (TPSA) is 105 Å². The molecule has 3 aromatic heterocycles. The first-order valence-electron chi connectivity index (χ1n) is 11.9. The maximum Gasteiger partial charge on any atom is 0.330 e. The van der Waals surface area contributed by atoms with Crippen molar-refractivity contribution < 1.29 is 9.63 Å². The van der Waals surface area contributed by atoms with Crippen LogP contribution in [0.15, 0.2) is 89.9 Å². The number of nitrogens with two attached hydrogens (primary N) is 1. The molecule has 6 aromatic rings. The third-order valence-corrected chi connectivity index (χ3v) is 6.35. The summed E-state index contributed by atoms with van der Waals surface area (Å²) in [7, 11) is 0. The lowest BCUT2D eigenvalue weighted by Crippen LogP contribution is -2.31. The Morgan fingerprint density at radius 2 is 1.62 bits per heavy atom. The molecule has 3 heterocycles. The molecule has 0 spiro atoms. The Morgan fingerprint density at radius 1 is 0.892 bits per heavy atom. The van der Waals surface area contributed by atoms with Crippen molar-refractivity contribution in [3.8, 4) is 11.3 Å². The summed E-state index contributed by atoms with van der Waals surface area (Å²) in [5, 5.41) is 2.74. The van der Waals surface area contributed by atoms with Gasteiger partial charge in [0.25, 0.3) is 0 Å². The van der Waals surface area contributed by atoms with E-state index in [0.717, 1.165) is 37.8 Å². The predicted octanol–water partition coefficient (Wildman–Crippen LogP) is 4.05. The summed E-state index contributed by atoms with van der Waals surface area (Å²) in [6, 6.07) is 25.1. The first-order valence-corrected chi connectivity index (χ1v) is 11.9. The van der Waals surface area contributed by atoms with E-state index >= 15 is 0 Å². The monoisotopic (exact) mass is 489 g/mol. The third-order valence-electron chi connectivity index (χ3n) is 6.35. The van der Waals surface area contributed by atoms with Crippen LogP contribution in [0.1, 0.15) is 18.3 Å². The van der Waals surface area contributed by atoms with E-state index < -0.39 is 11.5 Å². The van der Waals surface area contributed by atoms with E-state index in [2.05, 4.69) is 4.98 Å². The van der Waals surface area contributed by atoms with Crippen molar-refractivity contribution in [3.63, 3.8) is 0 Å². The normalized spacial score (nSPS) is 11.4. The Bertz CT molecular complexity index is 1890. The van der Waals surface area contributed by atoms with Crippen LogP contribution in [0.5, 0.6) is 0 Å². The van der Waals surface area contributed by atoms with Crippen molar-refractivity contribution in [1.29, 1.82) is 0 Å². The molecule has 0 aliphatic heterocycles. The molecule has 0 radical (unpaired) electrons. The molecule has 0 aliphatic rings. The first-order chi connectivity index (χ1) is 18.0. The quantitative estimate of drug-likeness (QED) is 0.367. The highest BCUT2D eigenvalue weighted by Gasteiger charge is 2.20. The Morgan fingerprint density at radius 3 is 2.41 bits per heavy atom. The number of nitrogens with zero attached hydrogens (tertiary/aromatic N) is 4. The summed E-state index contributed by atoms with van der Waals surface area (Å²) in [5.41, 5.74) is 9.67. The lowest BCUT2D eigenvalue weighted by molar-refractivity contribution is -0.141. The van der Waals surface area contributed by atoms with Crippen LogP contribution in [0, 0.1) is 0 Å². The van der Waals surface area contributed by atoms with Gasteiger partial charge in [0.1, 0.15) is 11.2 Å². The van der Waals surface area contributed by atoms with Crippen LogP contribution >= 0.6 is 0 Å². The number of para-hydroxylation sites is 1. The largest absolute Gasteiger partial charge is 0.341 e. The average Bonchev–Trinajstić information content (AvgIpc) is 3.27. The number of carbonyl (C=O) groups is 1. The molecule has 0 saturated heterocycles. The van der Waals surface area contributed by atoms with Crippen LogP contribution in [0.25, 0.3) is 44.0 Å². The highest BCUT2D eigenvalue weighted by atomic mass is 16.7. The van der Waals surface area contributed by atoms with Crippen LogP contribution in [0.3, 0.4) is 0 Å². The summed E-state index contributed by atoms with van der Waals surface area (Å²) >= 11 is 0. The maximum atomic E-state index is 13.7. The van der Waals surface area contributed by atoms with Gasteiger partial charge in [0.2, 0.25) is 0 Å². The number of rotatable bonds is 5. The van der Waals surface area contributed by atoms with E-state index in [-0.39, 0.29) is 5.69 Å². The fourth-order valence-electron chi connectivity index (χ4n) is 4.71. The van der Waals surface area contributed by atoms with Crippen molar-refractivity contribution in [3.05, 3.63) is 107 Å². The molecule has 0 saturated carbocycles. The Balaban J connectivity index is 1.59. The van der Waals surface area contributed by atoms with Crippen molar-refractivity contribution in [2.75, 3.05) is 0 Å². The van der Waals surface area contributed by atoms with Crippen LogP contribution in [-0.4, -0.2) is 25.2 Å². The van der Waals surface area contributed by atoms with Gasteiger partial charge in [-0.05, 0) is 41.1 Å². The zero-order valence-corrected chi connectivity index (χ0v) is 20.1. The Labute approximate surface area is 211 Å². The minimum absolute atomic E-state index is 0.197. The summed E-state index contributed by atoms with van der Waals surface area (Å²) in [6.45, 7) is 2.12. The lowest BCUT2D eigenvalue weighted by atomic mass is 10.1. The number of aromatic nitrogens is 4. The minimum Gasteiger partial charge on any atom is -0.341 e. The number of hydrogen-bond acceptors (Lipinski definition) is 6. The van der Waals surface area contributed by atoms with Crippen LogP contribution in [0.2, 0.25) is 0 Å². The highest BCUT2D eigenvalue weighted by molar-refractivity contribution is 5.98. The van der Waals surface area contributed by atoms with Crippen molar-refractivity contribution in [2.45, 2.75) is 20.0 Å². The number of fused-ring (bicyclic) bond motifs is 3. The summed E-state index contributed by atoms with van der Waals surface area (Å²) < 4.78 is 3.08. The second-order valence-electron chi connectivity index (χ2n) is 8.84. The van der Waals surface area contributed by atoms with Crippen molar-refractivity contribution >= 4 is 38.7 Å². The van der Waals surface area contributed by atoms with E-state index in [0.29, 0.717) is 29.7 Å². The molecule has 0 unspecified atom stereocenters. The molecule has 0 atom stereocenters. The molecule has 0 fully saturated rings. The lowest BCUT2D eigenvalue weighted by Gasteiger charge is -2.11. The van der Waals surface area contributed by atoms with Crippen LogP contribution < -0.4 is 16.1 Å². The Hall–Kier alpha value is -4.82. The van der Waals surface area contributed by atoms with Crippen molar-refractivity contribution in [2.24, 2.45) is 5.73 Å². The molecule has 6 rings (SSSR count). The van der Waals surface area contributed by atoms with Crippen LogP contribution in [-0.2, 0) is 17.9 Å². The molecule has 37 heavy (non-hydrogen) atoms. The fraction of sp³-hybridized carbons (Fsp3) is 0.103. The van der Waals surface area contributed by atoms with E-state index in [1.54, 1.807) is 0 Å². The van der Waals surface area contributed by atoms with E-state index in [1.165, 1.54) is 6.92 Å². The standard InChI is InChI=1S/C29H23N5O3/c1-18(35)37-34-27-14-20-8-3-2-7-19(20)13-25(27)32-28(29(34)36)24-17-33(26-12-5-4-11-23(24)26)16-22-10-6-9-21(15-30)31-22/h2-14,17H,15-16,30H2,1H3. The maximum absolute atomic E-state index is 13.7. The SMILES string of the molecule is CC(=O)On1c(=O)c(-c2cn(Cc3cccc(CN)n3)c3ccccc23)nc2cc3ccccc3cc21. The molecule has 0 aliphatic carbocycles. The van der Waals surface area contributed by atoms with Gasteiger partial charge in [0.15, 0.2) is 0 Å². The van der Waals surface area contributed by atoms with Gasteiger partial charge in [-0.2, -0.15) is 0 Å². The minimum atomic E-state index is -0.595. The number of benzene rings is 3. The van der Waals surface area contributed by atoms with Gasteiger partial charge in [0, 0.05) is 36.1 Å². The number of carbonyl (C=O) groups excluding carboxylic acids is 1. The third kappa shape index (κ3) is 4.03. The second kappa shape index (κ2) is 9.00. The van der Waals surface area contributed by atoms with Crippen molar-refractivity contribution in [1.82, 2.24) is 19.3 Å². The average molecular weight is 490 g/mol. The first kappa shape index (κ1) is 22.6. The molecule has 0 amide bonds. The molecule has 3 aromatic carbocycles. The van der Waals surface area contributed by atoms with Gasteiger partial charge < -0.3 is 15.1 Å². The molecule has 0 bridgehead atoms. The zero-order chi connectivity index (χ0) is 25.5. The number of hydrogen-bond donors (Lipinski definition) is 1. The summed E-state index contributed by atoms with van der Waals surface area (Å²) in [5.74, 6) is -0.595. The Kier molecular flexibility index (Phi) is 5.50. The van der Waals surface area contributed by atoms with Gasteiger partial charge in [-0.1, -0.05) is 48.5 Å². The van der Waals surface area contributed by atoms with Gasteiger partial charge in [0.05, 0.1) is 23.4 Å². The predicted molar refractivity (Wildman–Crippen MR) is 143 cm³/mol. The fourth-order valence-corrected chi connectivity index (χ4v) is 4.71. The number of pyridine rings is 1. The summed E-state index contributed by atoms with van der Waals surface area (Å²) in [6.07, 6.45) is 1.90. The van der Waals surface area contributed by atoms with Crippen LogP contribution in [0.4, 0.5) is 0 Å². The molecule has 2 N–H and O–H groups in total. The smallest absolute Gasteiger partial charge is 0.330 e. The molecule has 182 valence electrons. The van der Waals surface area contributed by atoms with E-state index in [4.69, 9.17) is 15.6 Å². The van der Waals surface area contributed by atoms with Gasteiger partial charge in [-0.25, -0.2) is 9.78 Å². The van der Waals surface area contributed by atoms with Gasteiger partial charge in [-0.3, -0.25) is 9.78 Å².